The maximum absolute atomic E-state index is 4.18. The van der Waals surface area contributed by atoms with Crippen LogP contribution in [0.25, 0.3) is 10.6 Å². The quantitative estimate of drug-likeness (QED) is 0.866. The first-order valence-electron chi connectivity index (χ1n) is 6.48. The maximum Gasteiger partial charge on any atom is 0.0794 e. The molecule has 18 heavy (non-hydrogen) atoms. The van der Waals surface area contributed by atoms with Crippen LogP contribution in [0.1, 0.15) is 32.3 Å². The Morgan fingerprint density at radius 1 is 1.50 bits per heavy atom. The van der Waals surface area contributed by atoms with Gasteiger partial charge in [0.15, 0.2) is 0 Å². The summed E-state index contributed by atoms with van der Waals surface area (Å²) < 4.78 is 0. The number of nitrogens with one attached hydrogen (secondary N) is 2. The lowest BCUT2D eigenvalue weighted by Gasteiger charge is -2.26. The van der Waals surface area contributed by atoms with E-state index in [0.717, 1.165) is 18.2 Å². The first kappa shape index (κ1) is 11.9. The molecule has 4 heteroatoms. The molecule has 2 N–H and O–H groups in total. The van der Waals surface area contributed by atoms with Gasteiger partial charge < -0.3 is 5.32 Å². The van der Waals surface area contributed by atoms with Crippen molar-refractivity contribution in [3.63, 3.8) is 0 Å². The summed E-state index contributed by atoms with van der Waals surface area (Å²) >= 11 is 1.75. The Kier molecular flexibility index (Phi) is 2.99. The molecule has 0 aromatic carbocycles. The third-order valence-corrected chi connectivity index (χ3v) is 4.71. The third kappa shape index (κ3) is 2.35. The molecule has 0 saturated heterocycles. The predicted molar refractivity (Wildman–Crippen MR) is 75.5 cm³/mol. The molecule has 3 rings (SSSR count). The van der Waals surface area contributed by atoms with E-state index in [1.54, 1.807) is 11.3 Å². The molecule has 2 heterocycles. The van der Waals surface area contributed by atoms with Crippen LogP contribution in [0, 0.1) is 5.92 Å². The molecule has 2 aromatic heterocycles. The highest BCUT2D eigenvalue weighted by atomic mass is 32.1. The SMILES string of the molecule is CC(C)(NCc1cn[nH]c1-c1cccs1)C1CC1. The monoisotopic (exact) mass is 261 g/mol. The number of hydrogen-bond donors (Lipinski definition) is 2. The van der Waals surface area contributed by atoms with Crippen LogP contribution in [0.4, 0.5) is 0 Å². The topological polar surface area (TPSA) is 40.7 Å². The van der Waals surface area contributed by atoms with E-state index in [1.807, 2.05) is 6.20 Å². The van der Waals surface area contributed by atoms with Gasteiger partial charge in [-0.25, -0.2) is 0 Å². The number of rotatable bonds is 5. The zero-order valence-corrected chi connectivity index (χ0v) is 11.7. The van der Waals surface area contributed by atoms with E-state index in [9.17, 15) is 0 Å². The standard InChI is InChI=1S/C14H19N3S/c1-14(2,11-5-6-11)15-8-10-9-16-17-13(10)12-4-3-7-18-12/h3-4,7,9,11,15H,5-6,8H2,1-2H3,(H,16,17). The Bertz CT molecular complexity index is 509. The summed E-state index contributed by atoms with van der Waals surface area (Å²) in [4.78, 5) is 1.26. The van der Waals surface area contributed by atoms with Gasteiger partial charge in [0.05, 0.1) is 16.8 Å². The van der Waals surface area contributed by atoms with Gasteiger partial charge in [-0.2, -0.15) is 5.10 Å². The Balaban J connectivity index is 1.72. The summed E-state index contributed by atoms with van der Waals surface area (Å²) in [5.74, 6) is 0.842. The lowest BCUT2D eigenvalue weighted by Crippen LogP contribution is -2.40. The van der Waals surface area contributed by atoms with Gasteiger partial charge in [-0.05, 0) is 44.1 Å². The van der Waals surface area contributed by atoms with Crippen LogP contribution < -0.4 is 5.32 Å². The lowest BCUT2D eigenvalue weighted by molar-refractivity contribution is 0.339. The largest absolute Gasteiger partial charge is 0.307 e. The van der Waals surface area contributed by atoms with Crippen molar-refractivity contribution in [1.29, 1.82) is 0 Å². The molecule has 3 nitrogen and oxygen atoms in total. The van der Waals surface area contributed by atoms with Gasteiger partial charge in [0.1, 0.15) is 0 Å². The van der Waals surface area contributed by atoms with E-state index >= 15 is 0 Å². The number of nitrogens with zero attached hydrogens (tertiary/aromatic N) is 1. The van der Waals surface area contributed by atoms with Crippen LogP contribution in [0.2, 0.25) is 0 Å². The van der Waals surface area contributed by atoms with Crippen molar-refractivity contribution in [2.45, 2.75) is 38.8 Å². The number of aromatic amines is 1. The van der Waals surface area contributed by atoms with E-state index < -0.39 is 0 Å². The summed E-state index contributed by atoms with van der Waals surface area (Å²) in [6.45, 7) is 5.48. The molecule has 1 aliphatic rings. The molecule has 0 amide bonds. The number of H-pyrrole nitrogens is 1. The molecule has 1 saturated carbocycles. The molecule has 0 spiro atoms. The summed E-state index contributed by atoms with van der Waals surface area (Å²) in [5, 5.41) is 13.1. The summed E-state index contributed by atoms with van der Waals surface area (Å²) in [6.07, 6.45) is 4.66. The number of hydrogen-bond acceptors (Lipinski definition) is 3. The highest BCUT2D eigenvalue weighted by Crippen LogP contribution is 2.39. The molecular formula is C14H19N3S. The van der Waals surface area contributed by atoms with Crippen LogP contribution in [0.5, 0.6) is 0 Å². The van der Waals surface area contributed by atoms with Crippen LogP contribution >= 0.6 is 11.3 Å². The zero-order chi connectivity index (χ0) is 12.6. The first-order chi connectivity index (χ1) is 8.67. The summed E-state index contributed by atoms with van der Waals surface area (Å²) in [5.41, 5.74) is 2.65. The molecule has 0 atom stereocenters. The second-order valence-electron chi connectivity index (χ2n) is 5.60. The molecule has 1 fully saturated rings. The fraction of sp³-hybridized carbons (Fsp3) is 0.500. The molecule has 0 unspecified atom stereocenters. The maximum atomic E-state index is 4.18. The van der Waals surface area contributed by atoms with E-state index in [1.165, 1.54) is 23.3 Å². The normalized spacial score (nSPS) is 16.1. The minimum Gasteiger partial charge on any atom is -0.307 e. The molecule has 1 aliphatic carbocycles. The van der Waals surface area contributed by atoms with Crippen molar-refractivity contribution in [3.05, 3.63) is 29.3 Å². The van der Waals surface area contributed by atoms with Gasteiger partial charge in [-0.3, -0.25) is 5.10 Å². The third-order valence-electron chi connectivity index (χ3n) is 3.82. The molecule has 0 radical (unpaired) electrons. The number of aromatic nitrogens is 2. The summed E-state index contributed by atoms with van der Waals surface area (Å²) in [6, 6.07) is 4.21. The van der Waals surface area contributed by atoms with Crippen molar-refractivity contribution in [1.82, 2.24) is 15.5 Å². The van der Waals surface area contributed by atoms with E-state index in [0.29, 0.717) is 0 Å². The smallest absolute Gasteiger partial charge is 0.0794 e. The van der Waals surface area contributed by atoms with Crippen molar-refractivity contribution in [2.24, 2.45) is 5.92 Å². The van der Waals surface area contributed by atoms with Gasteiger partial charge >= 0.3 is 0 Å². The highest BCUT2D eigenvalue weighted by molar-refractivity contribution is 7.13. The minimum absolute atomic E-state index is 0.240. The predicted octanol–water partition coefficient (Wildman–Crippen LogP) is 3.42. The van der Waals surface area contributed by atoms with E-state index in [-0.39, 0.29) is 5.54 Å². The Morgan fingerprint density at radius 3 is 3.00 bits per heavy atom. The fourth-order valence-electron chi connectivity index (χ4n) is 2.35. The minimum atomic E-state index is 0.240. The van der Waals surface area contributed by atoms with Gasteiger partial charge in [-0.1, -0.05) is 6.07 Å². The average Bonchev–Trinajstić information content (AvgIpc) is 2.91. The molecule has 2 aromatic rings. The van der Waals surface area contributed by atoms with Crippen molar-refractivity contribution >= 4 is 11.3 Å². The second-order valence-corrected chi connectivity index (χ2v) is 6.54. The van der Waals surface area contributed by atoms with E-state index in [2.05, 4.69) is 46.9 Å². The number of thiophene rings is 1. The lowest BCUT2D eigenvalue weighted by atomic mass is 9.98. The van der Waals surface area contributed by atoms with E-state index in [4.69, 9.17) is 0 Å². The van der Waals surface area contributed by atoms with Crippen LogP contribution in [0.3, 0.4) is 0 Å². The second kappa shape index (κ2) is 4.52. The molecule has 0 bridgehead atoms. The first-order valence-corrected chi connectivity index (χ1v) is 7.36. The van der Waals surface area contributed by atoms with Crippen LogP contribution in [0.15, 0.2) is 23.7 Å². The Hall–Kier alpha value is -1.13. The average molecular weight is 261 g/mol. The van der Waals surface area contributed by atoms with Gasteiger partial charge in [0.2, 0.25) is 0 Å². The zero-order valence-electron chi connectivity index (χ0n) is 10.9. The molecular weight excluding hydrogens is 242 g/mol. The van der Waals surface area contributed by atoms with Crippen molar-refractivity contribution < 1.29 is 0 Å². The molecule has 0 aliphatic heterocycles. The van der Waals surface area contributed by atoms with Gasteiger partial charge in [0, 0.05) is 17.6 Å². The summed E-state index contributed by atoms with van der Waals surface area (Å²) in [7, 11) is 0. The van der Waals surface area contributed by atoms with Gasteiger partial charge in [0.25, 0.3) is 0 Å². The Morgan fingerprint density at radius 2 is 2.33 bits per heavy atom. The molecule has 96 valence electrons. The van der Waals surface area contributed by atoms with Crippen LogP contribution in [-0.4, -0.2) is 15.7 Å². The fourth-order valence-corrected chi connectivity index (χ4v) is 3.11. The van der Waals surface area contributed by atoms with Crippen molar-refractivity contribution in [2.75, 3.05) is 0 Å². The Labute approximate surface area is 112 Å². The highest BCUT2D eigenvalue weighted by Gasteiger charge is 2.37. The van der Waals surface area contributed by atoms with Crippen molar-refractivity contribution in [3.8, 4) is 10.6 Å². The van der Waals surface area contributed by atoms with Gasteiger partial charge in [-0.15, -0.1) is 11.3 Å². The van der Waals surface area contributed by atoms with Crippen LogP contribution in [-0.2, 0) is 6.54 Å².